The van der Waals surface area contributed by atoms with Crippen LogP contribution < -0.4 is 0 Å². The van der Waals surface area contributed by atoms with Crippen molar-refractivity contribution in [2.75, 3.05) is 0 Å². The van der Waals surface area contributed by atoms with Crippen LogP contribution in [0.3, 0.4) is 0 Å². The third-order valence-corrected chi connectivity index (χ3v) is 13.0. The van der Waals surface area contributed by atoms with Gasteiger partial charge in [0, 0.05) is 36.7 Å². The van der Waals surface area contributed by atoms with Crippen molar-refractivity contribution in [3.8, 4) is 84.3 Å². The normalized spacial score (nSPS) is 11.5. The van der Waals surface area contributed by atoms with E-state index in [1.807, 2.05) is 99.2 Å². The Kier molecular flexibility index (Phi) is 12.8. The number of pyridine rings is 3. The number of hydrogen-bond acceptors (Lipinski definition) is 4. The smallest absolute Gasteiger partial charge is 0.0991 e. The van der Waals surface area contributed by atoms with E-state index in [-0.39, 0.29) is 0 Å². The van der Waals surface area contributed by atoms with E-state index >= 15 is 0 Å². The summed E-state index contributed by atoms with van der Waals surface area (Å²) in [5, 5.41) is 9.77. The molecule has 332 valence electrons. The van der Waals surface area contributed by atoms with Crippen molar-refractivity contribution in [3.63, 3.8) is 0 Å². The van der Waals surface area contributed by atoms with Crippen LogP contribution >= 0.6 is 0 Å². The Bertz CT molecular complexity index is 3320. The highest BCUT2D eigenvalue weighted by atomic mass is 14.7. The van der Waals surface area contributed by atoms with Gasteiger partial charge in [0.1, 0.15) is 0 Å². The zero-order chi connectivity index (χ0) is 47.9. The first kappa shape index (κ1) is 43.1. The van der Waals surface area contributed by atoms with Crippen LogP contribution in [0.15, 0.2) is 225 Å². The van der Waals surface area contributed by atoms with Gasteiger partial charge in [-0.15, -0.1) is 0 Å². The largest absolute Gasteiger partial charge is 0.256 e. The number of aryl methyl sites for hydroxylation is 4. The lowest BCUT2D eigenvalue weighted by Gasteiger charge is -2.19. The summed E-state index contributed by atoms with van der Waals surface area (Å²) >= 11 is 0. The molecule has 10 aromatic rings. The van der Waals surface area contributed by atoms with Gasteiger partial charge >= 0.3 is 0 Å². The molecule has 0 aliphatic rings. The lowest BCUT2D eigenvalue weighted by Crippen LogP contribution is -1.98. The molecule has 0 aliphatic heterocycles. The average molecular weight is 890 g/mol. The van der Waals surface area contributed by atoms with E-state index in [0.717, 1.165) is 104 Å². The molecule has 7 aromatic carbocycles. The fourth-order valence-corrected chi connectivity index (χ4v) is 9.28. The van der Waals surface area contributed by atoms with Crippen molar-refractivity contribution in [1.82, 2.24) is 15.0 Å². The maximum atomic E-state index is 9.77. The molecule has 0 N–H and O–H groups in total. The van der Waals surface area contributed by atoms with Crippen LogP contribution in [-0.2, 0) is 25.7 Å². The quantitative estimate of drug-likeness (QED) is 0.109. The standard InChI is InChI=1S/C65H52N4/c1-45(2)62-44-69-65(42-61(62)51-12-4-3-5-13-51)55-34-35-59(60(41-55)52-28-26-48(43-66)27-29-52)58-15-7-6-14-57(58)56-39-49(20-18-46-22-30-53(31-23-46)63-16-8-10-36-67-63)38-50(40-56)21-19-47-24-32-54(33-25-47)64-17-9-11-37-68-64/h3-17,22-42,44-45H,18-21H2,1-2H3/i45D. The third kappa shape index (κ3) is 10.2. The highest BCUT2D eigenvalue weighted by molar-refractivity contribution is 5.94. The van der Waals surface area contributed by atoms with Crippen LogP contribution in [0.25, 0.3) is 78.3 Å². The number of hydrogen-bond donors (Lipinski definition) is 0. The van der Waals surface area contributed by atoms with E-state index in [9.17, 15) is 5.26 Å². The van der Waals surface area contributed by atoms with E-state index < -0.39 is 5.89 Å². The second kappa shape index (κ2) is 20.6. The van der Waals surface area contributed by atoms with Crippen LogP contribution in [0, 0.1) is 11.3 Å². The zero-order valence-corrected chi connectivity index (χ0v) is 39.0. The summed E-state index contributed by atoms with van der Waals surface area (Å²) in [7, 11) is 0. The van der Waals surface area contributed by atoms with Crippen LogP contribution in [0.5, 0.6) is 0 Å². The molecule has 0 radical (unpaired) electrons. The molecule has 3 aromatic heterocycles. The summed E-state index contributed by atoms with van der Waals surface area (Å²) < 4.78 is 8.99. The number of rotatable bonds is 14. The van der Waals surface area contributed by atoms with Crippen molar-refractivity contribution >= 4 is 0 Å². The SMILES string of the molecule is [2H]C(C)(C)c1cnc(-c2ccc(-c3ccccc3-c3cc(CCc4ccc(-c5ccccn5)cc4)cc(CCc4ccc(-c5ccccn5)cc4)c3)c(-c3ccc(C#N)cc3)c2)cc1-c1ccccc1. The molecule has 0 bridgehead atoms. The molecular weight excluding hydrogens is 837 g/mol. The molecule has 3 heterocycles. The van der Waals surface area contributed by atoms with Crippen LogP contribution in [-0.4, -0.2) is 15.0 Å². The fourth-order valence-electron chi connectivity index (χ4n) is 9.28. The number of aromatic nitrogens is 3. The summed E-state index contributed by atoms with van der Waals surface area (Å²) in [5.74, 6) is -0.840. The highest BCUT2D eigenvalue weighted by Crippen LogP contribution is 2.42. The second-order valence-corrected chi connectivity index (χ2v) is 17.8. The van der Waals surface area contributed by atoms with Crippen molar-refractivity contribution < 1.29 is 1.37 Å². The molecule has 0 spiro atoms. The van der Waals surface area contributed by atoms with E-state index in [1.165, 1.54) is 27.8 Å². The lowest BCUT2D eigenvalue weighted by molar-refractivity contribution is 0.861. The lowest BCUT2D eigenvalue weighted by atomic mass is 9.86. The minimum Gasteiger partial charge on any atom is -0.256 e. The fraction of sp³-hybridized carbons (Fsp3) is 0.108. The van der Waals surface area contributed by atoms with Gasteiger partial charge in [0.2, 0.25) is 0 Å². The molecule has 10 rings (SSSR count). The maximum Gasteiger partial charge on any atom is 0.0991 e. The van der Waals surface area contributed by atoms with Gasteiger partial charge in [0.15, 0.2) is 0 Å². The van der Waals surface area contributed by atoms with Gasteiger partial charge in [0.05, 0.1) is 28.7 Å². The topological polar surface area (TPSA) is 62.5 Å². The van der Waals surface area contributed by atoms with E-state index in [1.54, 1.807) is 0 Å². The van der Waals surface area contributed by atoms with Gasteiger partial charge in [-0.05, 0) is 152 Å². The Hall–Kier alpha value is -8.52. The third-order valence-electron chi connectivity index (χ3n) is 13.0. The van der Waals surface area contributed by atoms with Crippen LogP contribution in [0.1, 0.15) is 54.5 Å². The molecule has 0 unspecified atom stereocenters. The number of nitrogens with zero attached hydrogens (tertiary/aromatic N) is 4. The molecule has 0 saturated heterocycles. The van der Waals surface area contributed by atoms with Gasteiger partial charge in [-0.2, -0.15) is 5.26 Å². The Labute approximate surface area is 407 Å². The second-order valence-electron chi connectivity index (χ2n) is 17.8. The Morgan fingerprint density at radius 3 is 1.46 bits per heavy atom. The predicted octanol–water partition coefficient (Wildman–Crippen LogP) is 16.1. The Morgan fingerprint density at radius 1 is 0.391 bits per heavy atom. The van der Waals surface area contributed by atoms with Gasteiger partial charge in [-0.3, -0.25) is 15.0 Å². The Morgan fingerprint density at radius 2 is 0.899 bits per heavy atom. The van der Waals surface area contributed by atoms with E-state index in [2.05, 4.69) is 156 Å². The number of nitriles is 1. The minimum atomic E-state index is -0.840. The van der Waals surface area contributed by atoms with Gasteiger partial charge in [-0.1, -0.05) is 172 Å². The van der Waals surface area contributed by atoms with Crippen molar-refractivity contribution in [3.05, 3.63) is 258 Å². The molecule has 0 saturated carbocycles. The van der Waals surface area contributed by atoms with Gasteiger partial charge < -0.3 is 0 Å². The predicted molar refractivity (Wildman–Crippen MR) is 284 cm³/mol. The maximum absolute atomic E-state index is 9.77. The summed E-state index contributed by atoms with van der Waals surface area (Å²) in [5.41, 5.74) is 21.3. The minimum absolute atomic E-state index is 0.613. The van der Waals surface area contributed by atoms with Crippen molar-refractivity contribution in [2.24, 2.45) is 0 Å². The van der Waals surface area contributed by atoms with Gasteiger partial charge in [-0.25, -0.2) is 0 Å². The number of benzene rings is 7. The molecule has 4 heteroatoms. The average Bonchev–Trinajstić information content (AvgIpc) is 3.42. The first-order chi connectivity index (χ1) is 34.3. The summed E-state index contributed by atoms with van der Waals surface area (Å²) in [6.07, 6.45) is 9.15. The zero-order valence-electron chi connectivity index (χ0n) is 40.0. The molecule has 69 heavy (non-hydrogen) atoms. The molecule has 0 fully saturated rings. The van der Waals surface area contributed by atoms with Crippen LogP contribution in [0.2, 0.25) is 0 Å². The summed E-state index contributed by atoms with van der Waals surface area (Å²) in [4.78, 5) is 14.1. The van der Waals surface area contributed by atoms with Gasteiger partial charge in [0.25, 0.3) is 0 Å². The highest BCUT2D eigenvalue weighted by Gasteiger charge is 2.18. The molecular formula is C65H52N4. The van der Waals surface area contributed by atoms with Crippen LogP contribution in [0.4, 0.5) is 0 Å². The first-order valence-corrected chi connectivity index (χ1v) is 23.7. The summed E-state index contributed by atoms with van der Waals surface area (Å²) in [6.45, 7) is 3.82. The molecule has 4 nitrogen and oxygen atoms in total. The first-order valence-electron chi connectivity index (χ1n) is 24.2. The summed E-state index contributed by atoms with van der Waals surface area (Å²) in [6, 6.07) is 74.8. The molecule has 0 aliphatic carbocycles. The molecule has 0 amide bonds. The van der Waals surface area contributed by atoms with Crippen molar-refractivity contribution in [2.45, 2.75) is 45.4 Å². The van der Waals surface area contributed by atoms with Crippen molar-refractivity contribution in [1.29, 1.82) is 5.26 Å². The van der Waals surface area contributed by atoms with E-state index in [0.29, 0.717) is 5.56 Å². The Balaban J connectivity index is 1.03. The van der Waals surface area contributed by atoms with E-state index in [4.69, 9.17) is 6.35 Å². The molecule has 0 atom stereocenters. The monoisotopic (exact) mass is 889 g/mol.